The predicted octanol–water partition coefficient (Wildman–Crippen LogP) is 2.25. The lowest BCUT2D eigenvalue weighted by Crippen LogP contribution is -2.39. The van der Waals surface area contributed by atoms with Gasteiger partial charge in [-0.2, -0.15) is 5.10 Å². The first kappa shape index (κ1) is 21.6. The van der Waals surface area contributed by atoms with E-state index >= 15 is 0 Å². The standard InChI is InChI=1S/C21H29N5O4/c1-12(2)6-19(27)23-15-9-18(20-22-13(3)24-25-20)26(11-15)21(28)14-7-16(29-4)10-17(8-14)30-5/h7-8,10,12,15,18H,6,9,11H2,1-5H3,(H,23,27)(H,22,24,25). The highest BCUT2D eigenvalue weighted by atomic mass is 16.5. The van der Waals surface area contributed by atoms with E-state index in [0.717, 1.165) is 0 Å². The van der Waals surface area contributed by atoms with E-state index in [9.17, 15) is 9.59 Å². The molecule has 9 heteroatoms. The summed E-state index contributed by atoms with van der Waals surface area (Å²) in [7, 11) is 3.08. The number of aryl methyl sites for hydroxylation is 1. The third-order valence-corrected chi connectivity index (χ3v) is 5.03. The highest BCUT2D eigenvalue weighted by Gasteiger charge is 2.39. The van der Waals surface area contributed by atoms with Crippen molar-refractivity contribution in [3.63, 3.8) is 0 Å². The smallest absolute Gasteiger partial charge is 0.254 e. The molecule has 1 aliphatic heterocycles. The van der Waals surface area contributed by atoms with E-state index in [1.54, 1.807) is 37.3 Å². The Labute approximate surface area is 176 Å². The van der Waals surface area contributed by atoms with E-state index in [1.807, 2.05) is 20.8 Å². The van der Waals surface area contributed by atoms with Gasteiger partial charge in [-0.3, -0.25) is 14.7 Å². The van der Waals surface area contributed by atoms with E-state index < -0.39 is 0 Å². The van der Waals surface area contributed by atoms with Crippen LogP contribution in [0, 0.1) is 12.8 Å². The monoisotopic (exact) mass is 415 g/mol. The molecular weight excluding hydrogens is 386 g/mol. The first-order valence-corrected chi connectivity index (χ1v) is 10.0. The maximum absolute atomic E-state index is 13.4. The van der Waals surface area contributed by atoms with Crippen molar-refractivity contribution in [2.24, 2.45) is 5.92 Å². The molecule has 2 N–H and O–H groups in total. The Kier molecular flexibility index (Phi) is 6.59. The quantitative estimate of drug-likeness (QED) is 0.718. The van der Waals surface area contributed by atoms with Crippen molar-refractivity contribution >= 4 is 11.8 Å². The van der Waals surface area contributed by atoms with E-state index in [2.05, 4.69) is 20.5 Å². The third-order valence-electron chi connectivity index (χ3n) is 5.03. The van der Waals surface area contributed by atoms with Gasteiger partial charge in [0.05, 0.1) is 20.3 Å². The number of likely N-dealkylation sites (tertiary alicyclic amines) is 1. The number of aromatic amines is 1. The van der Waals surface area contributed by atoms with Crippen molar-refractivity contribution < 1.29 is 19.1 Å². The lowest BCUT2D eigenvalue weighted by molar-refractivity contribution is -0.122. The Bertz CT molecular complexity index is 888. The van der Waals surface area contributed by atoms with Crippen molar-refractivity contribution in [2.45, 2.75) is 45.7 Å². The summed E-state index contributed by atoms with van der Waals surface area (Å²) in [4.78, 5) is 31.8. The molecule has 2 aromatic rings. The van der Waals surface area contributed by atoms with Crippen LogP contribution >= 0.6 is 0 Å². The molecule has 30 heavy (non-hydrogen) atoms. The molecule has 162 valence electrons. The van der Waals surface area contributed by atoms with Gasteiger partial charge >= 0.3 is 0 Å². The Morgan fingerprint density at radius 2 is 1.90 bits per heavy atom. The maximum atomic E-state index is 13.4. The van der Waals surface area contributed by atoms with Crippen LogP contribution < -0.4 is 14.8 Å². The lowest BCUT2D eigenvalue weighted by Gasteiger charge is -2.23. The number of benzene rings is 1. The first-order valence-electron chi connectivity index (χ1n) is 10.0. The number of ether oxygens (including phenoxy) is 2. The number of amides is 2. The summed E-state index contributed by atoms with van der Waals surface area (Å²) in [5, 5.41) is 10.1. The van der Waals surface area contributed by atoms with Gasteiger partial charge in [-0.05, 0) is 31.4 Å². The second-order valence-electron chi connectivity index (χ2n) is 7.95. The van der Waals surface area contributed by atoms with E-state index in [1.165, 1.54) is 0 Å². The highest BCUT2D eigenvalue weighted by molar-refractivity contribution is 5.95. The minimum atomic E-state index is -0.344. The molecule has 2 unspecified atom stereocenters. The second kappa shape index (κ2) is 9.15. The Hall–Kier alpha value is -3.10. The van der Waals surface area contributed by atoms with Crippen LogP contribution in [0.3, 0.4) is 0 Å². The molecule has 1 saturated heterocycles. The molecule has 0 bridgehead atoms. The fourth-order valence-corrected chi connectivity index (χ4v) is 3.67. The van der Waals surface area contributed by atoms with Crippen LogP contribution in [0.1, 0.15) is 54.7 Å². The molecule has 1 aromatic heterocycles. The van der Waals surface area contributed by atoms with Gasteiger partial charge in [-0.1, -0.05) is 13.8 Å². The van der Waals surface area contributed by atoms with Gasteiger partial charge in [0.15, 0.2) is 5.82 Å². The summed E-state index contributed by atoms with van der Waals surface area (Å²) >= 11 is 0. The molecule has 3 rings (SSSR count). The van der Waals surface area contributed by atoms with Crippen molar-refractivity contribution in [2.75, 3.05) is 20.8 Å². The van der Waals surface area contributed by atoms with Gasteiger partial charge in [0, 0.05) is 30.6 Å². The molecule has 2 heterocycles. The molecule has 9 nitrogen and oxygen atoms in total. The number of H-pyrrole nitrogens is 1. The van der Waals surface area contributed by atoms with Crippen molar-refractivity contribution in [3.05, 3.63) is 35.4 Å². The van der Waals surface area contributed by atoms with Gasteiger partial charge in [0.2, 0.25) is 5.91 Å². The number of hydrogen-bond acceptors (Lipinski definition) is 6. The van der Waals surface area contributed by atoms with Crippen molar-refractivity contribution in [1.29, 1.82) is 0 Å². The van der Waals surface area contributed by atoms with Gasteiger partial charge in [0.1, 0.15) is 17.3 Å². The van der Waals surface area contributed by atoms with E-state index in [-0.39, 0.29) is 29.8 Å². The molecule has 0 saturated carbocycles. The van der Waals surface area contributed by atoms with Gasteiger partial charge in [0.25, 0.3) is 5.91 Å². The summed E-state index contributed by atoms with van der Waals surface area (Å²) in [6.45, 7) is 6.19. The van der Waals surface area contributed by atoms with Gasteiger partial charge < -0.3 is 19.7 Å². The van der Waals surface area contributed by atoms with Crippen LogP contribution in [0.5, 0.6) is 11.5 Å². The molecule has 0 aliphatic carbocycles. The number of hydrogen-bond donors (Lipinski definition) is 2. The lowest BCUT2D eigenvalue weighted by atomic mass is 10.1. The van der Waals surface area contributed by atoms with Crippen LogP contribution in [0.4, 0.5) is 0 Å². The molecule has 0 spiro atoms. The van der Waals surface area contributed by atoms with Crippen molar-refractivity contribution in [1.82, 2.24) is 25.4 Å². The van der Waals surface area contributed by atoms with Crippen LogP contribution in [0.15, 0.2) is 18.2 Å². The average molecular weight is 415 g/mol. The van der Waals surface area contributed by atoms with Gasteiger partial charge in [-0.15, -0.1) is 0 Å². The number of rotatable bonds is 7. The predicted molar refractivity (Wildman–Crippen MR) is 110 cm³/mol. The SMILES string of the molecule is COc1cc(OC)cc(C(=O)N2CC(NC(=O)CC(C)C)CC2c2n[nH]c(C)n2)c1. The number of nitrogens with one attached hydrogen (secondary N) is 2. The van der Waals surface area contributed by atoms with Crippen molar-refractivity contribution in [3.8, 4) is 11.5 Å². The van der Waals surface area contributed by atoms with Crippen LogP contribution in [0.2, 0.25) is 0 Å². The summed E-state index contributed by atoms with van der Waals surface area (Å²) < 4.78 is 10.6. The molecule has 1 aromatic carbocycles. The van der Waals surface area contributed by atoms with E-state index in [0.29, 0.717) is 48.1 Å². The Morgan fingerprint density at radius 3 is 2.43 bits per heavy atom. The highest BCUT2D eigenvalue weighted by Crippen LogP contribution is 2.33. The number of methoxy groups -OCH3 is 2. The zero-order valence-electron chi connectivity index (χ0n) is 18.1. The Balaban J connectivity index is 1.87. The minimum absolute atomic E-state index is 0.0164. The number of aromatic nitrogens is 3. The fourth-order valence-electron chi connectivity index (χ4n) is 3.67. The summed E-state index contributed by atoms with van der Waals surface area (Å²) in [6, 6.07) is 4.55. The zero-order chi connectivity index (χ0) is 21.8. The molecule has 2 amide bonds. The zero-order valence-corrected chi connectivity index (χ0v) is 18.1. The molecule has 2 atom stereocenters. The molecule has 1 fully saturated rings. The third kappa shape index (κ3) is 4.90. The molecular formula is C21H29N5O4. The van der Waals surface area contributed by atoms with Gasteiger partial charge in [-0.25, -0.2) is 4.98 Å². The number of carbonyl (C=O) groups is 2. The number of nitrogens with zero attached hydrogens (tertiary/aromatic N) is 3. The summed E-state index contributed by atoms with van der Waals surface area (Å²) in [5.74, 6) is 2.33. The Morgan fingerprint density at radius 1 is 1.23 bits per heavy atom. The maximum Gasteiger partial charge on any atom is 0.254 e. The molecule has 0 radical (unpaired) electrons. The fraction of sp³-hybridized carbons (Fsp3) is 0.524. The topological polar surface area (TPSA) is 109 Å². The normalized spacial score (nSPS) is 18.5. The summed E-state index contributed by atoms with van der Waals surface area (Å²) in [5.41, 5.74) is 0.442. The largest absolute Gasteiger partial charge is 0.497 e. The van der Waals surface area contributed by atoms with E-state index in [4.69, 9.17) is 9.47 Å². The average Bonchev–Trinajstić information content (AvgIpc) is 3.32. The second-order valence-corrected chi connectivity index (χ2v) is 7.95. The number of carbonyl (C=O) groups excluding carboxylic acids is 2. The van der Waals surface area contributed by atoms with Crippen LogP contribution in [-0.2, 0) is 4.79 Å². The van der Waals surface area contributed by atoms with Crippen LogP contribution in [0.25, 0.3) is 0 Å². The molecule has 1 aliphatic rings. The summed E-state index contributed by atoms with van der Waals surface area (Å²) in [6.07, 6.45) is 0.996. The first-order chi connectivity index (χ1) is 14.3. The minimum Gasteiger partial charge on any atom is -0.497 e. The van der Waals surface area contributed by atoms with Crippen LogP contribution in [-0.4, -0.2) is 58.7 Å².